The van der Waals surface area contributed by atoms with Gasteiger partial charge >= 0.3 is 0 Å². The predicted molar refractivity (Wildman–Crippen MR) is 61.5 cm³/mol. The van der Waals surface area contributed by atoms with Crippen molar-refractivity contribution in [2.24, 2.45) is 5.11 Å². The van der Waals surface area contributed by atoms with Crippen LogP contribution in [0.25, 0.3) is 10.4 Å². The first-order valence-electron chi connectivity index (χ1n) is 4.08. The summed E-state index contributed by atoms with van der Waals surface area (Å²) in [4.78, 5) is 2.70. The van der Waals surface area contributed by atoms with Crippen molar-refractivity contribution in [3.8, 4) is 0 Å². The van der Waals surface area contributed by atoms with Crippen molar-refractivity contribution in [1.82, 2.24) is 0 Å². The highest BCUT2D eigenvalue weighted by Gasteiger charge is 1.91. The summed E-state index contributed by atoms with van der Waals surface area (Å²) < 4.78 is 1.25. The lowest BCUT2D eigenvalue weighted by atomic mass is 10.1. The predicted octanol–water partition coefficient (Wildman–Crippen LogP) is 3.53. The molecule has 68 valence electrons. The second-order valence-electron chi connectivity index (χ2n) is 2.68. The van der Waals surface area contributed by atoms with Crippen LogP contribution < -0.4 is 0 Å². The van der Waals surface area contributed by atoms with Gasteiger partial charge in [-0.3, -0.25) is 0 Å². The van der Waals surface area contributed by atoms with Gasteiger partial charge in [0, 0.05) is 15.0 Å². The Bertz CT molecular complexity index is 301. The molecule has 0 aromatic heterocycles. The molecule has 0 unspecified atom stereocenters. The van der Waals surface area contributed by atoms with E-state index < -0.39 is 0 Å². The van der Waals surface area contributed by atoms with Gasteiger partial charge in [-0.1, -0.05) is 17.2 Å². The van der Waals surface area contributed by atoms with Crippen LogP contribution in [0.4, 0.5) is 0 Å². The minimum Gasteiger partial charge on any atom is -0.0940 e. The zero-order chi connectivity index (χ0) is 9.52. The van der Waals surface area contributed by atoms with Crippen LogP contribution in [0, 0.1) is 3.57 Å². The third kappa shape index (κ3) is 4.15. The summed E-state index contributed by atoms with van der Waals surface area (Å²) in [6.07, 6.45) is 1.90. The first-order valence-corrected chi connectivity index (χ1v) is 5.16. The fourth-order valence-electron chi connectivity index (χ4n) is 1.05. The summed E-state index contributed by atoms with van der Waals surface area (Å²) in [5.41, 5.74) is 9.36. The first kappa shape index (κ1) is 10.3. The van der Waals surface area contributed by atoms with Crippen molar-refractivity contribution in [3.63, 3.8) is 0 Å². The number of halogens is 1. The molecule has 1 rings (SSSR count). The van der Waals surface area contributed by atoms with Crippen molar-refractivity contribution >= 4 is 22.6 Å². The molecule has 0 saturated carbocycles. The Kier molecular flexibility index (Phi) is 4.64. The van der Waals surface area contributed by atoms with E-state index in [9.17, 15) is 0 Å². The fourth-order valence-corrected chi connectivity index (χ4v) is 1.41. The molecule has 13 heavy (non-hydrogen) atoms. The van der Waals surface area contributed by atoms with Crippen LogP contribution in [-0.4, -0.2) is 6.54 Å². The van der Waals surface area contributed by atoms with Gasteiger partial charge in [-0.05, 0) is 58.7 Å². The molecule has 0 fully saturated rings. The maximum Gasteiger partial charge on any atom is 0.0261 e. The van der Waals surface area contributed by atoms with Gasteiger partial charge in [0.1, 0.15) is 0 Å². The molecule has 0 radical (unpaired) electrons. The lowest BCUT2D eigenvalue weighted by Gasteiger charge is -1.98. The average Bonchev–Trinajstić information content (AvgIpc) is 2.15. The highest BCUT2D eigenvalue weighted by molar-refractivity contribution is 14.1. The molecule has 3 nitrogen and oxygen atoms in total. The Morgan fingerprint density at radius 2 is 2.00 bits per heavy atom. The highest BCUT2D eigenvalue weighted by atomic mass is 127. The lowest BCUT2D eigenvalue weighted by Crippen LogP contribution is -1.87. The zero-order valence-corrected chi connectivity index (χ0v) is 9.31. The van der Waals surface area contributed by atoms with Crippen molar-refractivity contribution < 1.29 is 0 Å². The molecular weight excluding hydrogens is 277 g/mol. The van der Waals surface area contributed by atoms with Gasteiger partial charge in [0.05, 0.1) is 0 Å². The van der Waals surface area contributed by atoms with E-state index in [1.165, 1.54) is 9.13 Å². The van der Waals surface area contributed by atoms with Gasteiger partial charge in [-0.2, -0.15) is 0 Å². The molecule has 0 saturated heterocycles. The van der Waals surface area contributed by atoms with Crippen molar-refractivity contribution in [2.75, 3.05) is 6.54 Å². The van der Waals surface area contributed by atoms with E-state index in [0.717, 1.165) is 12.8 Å². The third-order valence-electron chi connectivity index (χ3n) is 1.70. The van der Waals surface area contributed by atoms with Gasteiger partial charge < -0.3 is 0 Å². The number of nitrogens with zero attached hydrogens (tertiary/aromatic N) is 3. The summed E-state index contributed by atoms with van der Waals surface area (Å²) in [6, 6.07) is 8.39. The Balaban J connectivity index is 2.37. The molecule has 0 N–H and O–H groups in total. The Morgan fingerprint density at radius 3 is 2.62 bits per heavy atom. The molecule has 1 aromatic rings. The Labute approximate surface area is 90.9 Å². The second-order valence-corrected chi connectivity index (χ2v) is 3.93. The largest absolute Gasteiger partial charge is 0.0940 e. The van der Waals surface area contributed by atoms with Crippen LogP contribution in [0.15, 0.2) is 29.4 Å². The third-order valence-corrected chi connectivity index (χ3v) is 2.42. The number of hydrogen-bond donors (Lipinski definition) is 0. The fraction of sp³-hybridized carbons (Fsp3) is 0.333. The topological polar surface area (TPSA) is 48.8 Å². The molecule has 0 atom stereocenters. The quantitative estimate of drug-likeness (QED) is 0.267. The van der Waals surface area contributed by atoms with E-state index in [4.69, 9.17) is 5.53 Å². The lowest BCUT2D eigenvalue weighted by molar-refractivity contribution is 0.827. The minimum absolute atomic E-state index is 0.586. The SMILES string of the molecule is [N-]=[N+]=NCCCc1ccc(I)cc1. The Morgan fingerprint density at radius 1 is 1.31 bits per heavy atom. The summed E-state index contributed by atoms with van der Waals surface area (Å²) in [7, 11) is 0. The minimum atomic E-state index is 0.586. The molecule has 0 aliphatic heterocycles. The smallest absolute Gasteiger partial charge is 0.0261 e. The van der Waals surface area contributed by atoms with Crippen LogP contribution in [0.3, 0.4) is 0 Å². The molecule has 4 heteroatoms. The van der Waals surface area contributed by atoms with Crippen molar-refractivity contribution in [2.45, 2.75) is 12.8 Å². The van der Waals surface area contributed by atoms with Gasteiger partial charge in [0.25, 0.3) is 0 Å². The zero-order valence-electron chi connectivity index (χ0n) is 7.15. The van der Waals surface area contributed by atoms with Gasteiger partial charge in [0.2, 0.25) is 0 Å². The summed E-state index contributed by atoms with van der Waals surface area (Å²) in [5.74, 6) is 0. The van der Waals surface area contributed by atoms with Gasteiger partial charge in [0.15, 0.2) is 0 Å². The van der Waals surface area contributed by atoms with Gasteiger partial charge in [-0.25, -0.2) is 0 Å². The number of rotatable bonds is 4. The first-order chi connectivity index (χ1) is 6.33. The van der Waals surface area contributed by atoms with Crippen LogP contribution in [-0.2, 0) is 6.42 Å². The van der Waals surface area contributed by atoms with E-state index in [-0.39, 0.29) is 0 Å². The molecule has 0 amide bonds. The standard InChI is InChI=1S/C9H10IN3/c10-9-5-3-8(4-6-9)2-1-7-12-13-11/h3-6H,1-2,7H2. The van der Waals surface area contributed by atoms with Crippen LogP contribution in [0.1, 0.15) is 12.0 Å². The monoisotopic (exact) mass is 287 g/mol. The summed E-state index contributed by atoms with van der Waals surface area (Å²) in [6.45, 7) is 0.586. The number of azide groups is 1. The van der Waals surface area contributed by atoms with E-state index >= 15 is 0 Å². The molecule has 1 aromatic carbocycles. The summed E-state index contributed by atoms with van der Waals surface area (Å²) in [5, 5.41) is 3.48. The maximum absolute atomic E-state index is 8.06. The van der Waals surface area contributed by atoms with Gasteiger partial charge in [-0.15, -0.1) is 0 Å². The maximum atomic E-state index is 8.06. The Hall–Kier alpha value is -0.740. The van der Waals surface area contributed by atoms with Crippen LogP contribution >= 0.6 is 22.6 Å². The number of hydrogen-bond acceptors (Lipinski definition) is 1. The number of aryl methyl sites for hydroxylation is 1. The van der Waals surface area contributed by atoms with E-state index in [1.54, 1.807) is 0 Å². The van der Waals surface area contributed by atoms with E-state index in [0.29, 0.717) is 6.54 Å². The van der Waals surface area contributed by atoms with Crippen LogP contribution in [0.2, 0.25) is 0 Å². The number of benzene rings is 1. The highest BCUT2D eigenvalue weighted by Crippen LogP contribution is 2.08. The van der Waals surface area contributed by atoms with E-state index in [2.05, 4.69) is 56.9 Å². The molecule has 0 heterocycles. The second kappa shape index (κ2) is 5.83. The molecule has 0 spiro atoms. The van der Waals surface area contributed by atoms with Crippen LogP contribution in [0.5, 0.6) is 0 Å². The average molecular weight is 287 g/mol. The normalized spacial score (nSPS) is 9.31. The van der Waals surface area contributed by atoms with E-state index in [1.807, 2.05) is 0 Å². The molecule has 0 aliphatic carbocycles. The summed E-state index contributed by atoms with van der Waals surface area (Å²) >= 11 is 2.28. The van der Waals surface area contributed by atoms with Crippen molar-refractivity contribution in [3.05, 3.63) is 43.8 Å². The van der Waals surface area contributed by atoms with Crippen molar-refractivity contribution in [1.29, 1.82) is 0 Å². The molecule has 0 aliphatic rings. The molecular formula is C9H10IN3. The molecule has 0 bridgehead atoms.